The maximum Gasteiger partial charge on any atom is 0.393 e. The minimum atomic E-state index is -4.40. The van der Waals surface area contributed by atoms with Crippen LogP contribution in [-0.2, 0) is 4.79 Å². The lowest BCUT2D eigenvalue weighted by molar-refractivity contribution is -0.133. The third kappa shape index (κ3) is 3.94. The number of halogens is 3. The molecule has 0 aromatic heterocycles. The largest absolute Gasteiger partial charge is 0.393 e. The second-order valence-electron chi connectivity index (χ2n) is 1.76. The van der Waals surface area contributed by atoms with Crippen molar-refractivity contribution in [3.8, 4) is 0 Å². The molecular weight excluding hydrogens is 147 g/mol. The van der Waals surface area contributed by atoms with E-state index in [2.05, 4.69) is 12.3 Å². The molecule has 10 heavy (non-hydrogen) atoms. The van der Waals surface area contributed by atoms with Crippen molar-refractivity contribution in [2.75, 3.05) is 0 Å². The quantitative estimate of drug-likeness (QED) is 0.590. The highest BCUT2D eigenvalue weighted by atomic mass is 19.4. The van der Waals surface area contributed by atoms with Crippen LogP contribution in [0.5, 0.6) is 0 Å². The summed E-state index contributed by atoms with van der Waals surface area (Å²) in [7, 11) is 0. The summed E-state index contributed by atoms with van der Waals surface area (Å²) in [5.41, 5.74) is 3.89. The minimum absolute atomic E-state index is 0.618. The molecule has 0 atom stereocenters. The van der Waals surface area contributed by atoms with E-state index in [-0.39, 0.29) is 0 Å². The summed E-state index contributed by atoms with van der Waals surface area (Å²) in [5.74, 6) is -1.11. The van der Waals surface area contributed by atoms with Gasteiger partial charge in [0.05, 0.1) is 6.42 Å². The average Bonchev–Trinajstić information content (AvgIpc) is 1.60. The molecule has 0 unspecified atom stereocenters. The second-order valence-corrected chi connectivity index (χ2v) is 1.76. The first-order valence-corrected chi connectivity index (χ1v) is 2.37. The van der Waals surface area contributed by atoms with Crippen LogP contribution in [0.2, 0.25) is 0 Å². The van der Waals surface area contributed by atoms with Crippen LogP contribution in [0.25, 0.3) is 0 Å². The molecule has 0 aliphatic heterocycles. The number of carbonyl (C=O) groups is 1. The van der Waals surface area contributed by atoms with E-state index < -0.39 is 24.1 Å². The Morgan fingerprint density at radius 3 is 2.00 bits per heavy atom. The summed E-state index contributed by atoms with van der Waals surface area (Å²) >= 11 is 0. The van der Waals surface area contributed by atoms with Crippen molar-refractivity contribution in [1.29, 1.82) is 0 Å². The minimum Gasteiger partial charge on any atom is -0.366 e. The van der Waals surface area contributed by atoms with Gasteiger partial charge in [-0.15, -0.1) is 0 Å². The van der Waals surface area contributed by atoms with Crippen molar-refractivity contribution in [3.63, 3.8) is 0 Å². The van der Waals surface area contributed by atoms with Crippen LogP contribution in [-0.4, -0.2) is 12.1 Å². The van der Waals surface area contributed by atoms with Crippen LogP contribution in [0.3, 0.4) is 0 Å². The number of nitrogens with two attached hydrogens (primary N) is 1. The topological polar surface area (TPSA) is 43.1 Å². The van der Waals surface area contributed by atoms with Gasteiger partial charge in [-0.05, 0) is 0 Å². The highest BCUT2D eigenvalue weighted by Crippen LogP contribution is 2.22. The lowest BCUT2D eigenvalue weighted by Gasteiger charge is -2.04. The molecule has 0 aromatic carbocycles. The van der Waals surface area contributed by atoms with Crippen LogP contribution >= 0.6 is 0 Å². The van der Waals surface area contributed by atoms with E-state index in [1.54, 1.807) is 0 Å². The Morgan fingerprint density at radius 1 is 1.50 bits per heavy atom. The van der Waals surface area contributed by atoms with Gasteiger partial charge in [-0.3, -0.25) is 4.79 Å². The molecule has 0 heterocycles. The number of hydrogen-bond donors (Lipinski definition) is 1. The number of primary amides is 1. The molecule has 0 saturated heterocycles. The average molecular weight is 153 g/mol. The Bertz CT molecular complexity index is 161. The smallest absolute Gasteiger partial charge is 0.366 e. The van der Waals surface area contributed by atoms with Crippen molar-refractivity contribution >= 4 is 5.91 Å². The van der Waals surface area contributed by atoms with Gasteiger partial charge in [0, 0.05) is 5.57 Å². The SMILES string of the molecule is C=C(CC(F)(F)F)C(N)=O. The molecule has 0 bridgehead atoms. The molecule has 2 N–H and O–H groups in total. The lowest BCUT2D eigenvalue weighted by atomic mass is 10.2. The van der Waals surface area contributed by atoms with Crippen molar-refractivity contribution < 1.29 is 18.0 Å². The van der Waals surface area contributed by atoms with Crippen molar-refractivity contribution in [3.05, 3.63) is 12.2 Å². The van der Waals surface area contributed by atoms with Gasteiger partial charge < -0.3 is 5.73 Å². The highest BCUT2D eigenvalue weighted by molar-refractivity contribution is 5.91. The van der Waals surface area contributed by atoms with E-state index in [1.807, 2.05) is 0 Å². The normalized spacial score (nSPS) is 11.1. The first-order valence-electron chi connectivity index (χ1n) is 2.37. The van der Waals surface area contributed by atoms with Crippen LogP contribution in [0.4, 0.5) is 13.2 Å². The molecule has 0 fully saturated rings. The van der Waals surface area contributed by atoms with Gasteiger partial charge in [0.2, 0.25) is 5.91 Å². The number of carbonyl (C=O) groups excluding carboxylic acids is 1. The Morgan fingerprint density at radius 2 is 1.90 bits per heavy atom. The van der Waals surface area contributed by atoms with Crippen molar-refractivity contribution in [2.45, 2.75) is 12.6 Å². The number of rotatable bonds is 2. The van der Waals surface area contributed by atoms with Gasteiger partial charge in [-0.1, -0.05) is 6.58 Å². The molecule has 58 valence electrons. The van der Waals surface area contributed by atoms with Gasteiger partial charge in [0.15, 0.2) is 0 Å². The number of hydrogen-bond acceptors (Lipinski definition) is 1. The van der Waals surface area contributed by atoms with Crippen LogP contribution in [0.1, 0.15) is 6.42 Å². The van der Waals surface area contributed by atoms with Crippen molar-refractivity contribution in [2.24, 2.45) is 5.73 Å². The Kier molecular flexibility index (Phi) is 2.45. The van der Waals surface area contributed by atoms with E-state index in [0.717, 1.165) is 0 Å². The van der Waals surface area contributed by atoms with E-state index in [4.69, 9.17) is 0 Å². The zero-order chi connectivity index (χ0) is 8.36. The van der Waals surface area contributed by atoms with E-state index >= 15 is 0 Å². The Balaban J connectivity index is 3.93. The van der Waals surface area contributed by atoms with E-state index in [0.29, 0.717) is 0 Å². The van der Waals surface area contributed by atoms with Gasteiger partial charge in [0.1, 0.15) is 0 Å². The van der Waals surface area contributed by atoms with Crippen LogP contribution in [0, 0.1) is 0 Å². The molecule has 1 amide bonds. The van der Waals surface area contributed by atoms with Gasteiger partial charge >= 0.3 is 6.18 Å². The Labute approximate surface area is 55.5 Å². The third-order valence-corrected chi connectivity index (χ3v) is 0.762. The Hall–Kier alpha value is -1.00. The molecule has 0 radical (unpaired) electrons. The van der Waals surface area contributed by atoms with Crippen molar-refractivity contribution in [1.82, 2.24) is 0 Å². The van der Waals surface area contributed by atoms with Crippen LogP contribution < -0.4 is 5.73 Å². The summed E-state index contributed by atoms with van der Waals surface area (Å²) in [6.07, 6.45) is -5.73. The first-order chi connectivity index (χ1) is 4.33. The fraction of sp³-hybridized carbons (Fsp3) is 0.400. The zero-order valence-electron chi connectivity index (χ0n) is 5.03. The van der Waals surface area contributed by atoms with Gasteiger partial charge in [-0.2, -0.15) is 13.2 Å². The number of amides is 1. The molecule has 0 aromatic rings. The maximum atomic E-state index is 11.4. The molecule has 0 aliphatic carbocycles. The van der Waals surface area contributed by atoms with Gasteiger partial charge in [0.25, 0.3) is 0 Å². The third-order valence-electron chi connectivity index (χ3n) is 0.762. The zero-order valence-corrected chi connectivity index (χ0v) is 5.03. The molecule has 0 spiro atoms. The molecule has 0 saturated carbocycles. The summed E-state index contributed by atoms with van der Waals surface area (Å²) in [6, 6.07) is 0. The molecular formula is C5H6F3NO. The fourth-order valence-corrected chi connectivity index (χ4v) is 0.329. The maximum absolute atomic E-state index is 11.4. The summed E-state index contributed by atoms with van der Waals surface area (Å²) in [6.45, 7) is 2.85. The summed E-state index contributed by atoms with van der Waals surface area (Å²) in [5, 5.41) is 0. The van der Waals surface area contributed by atoms with E-state index in [1.165, 1.54) is 0 Å². The summed E-state index contributed by atoms with van der Waals surface area (Å²) in [4.78, 5) is 10.00. The predicted octanol–water partition coefficient (Wildman–Crippen LogP) is 0.980. The monoisotopic (exact) mass is 153 g/mol. The fourth-order valence-electron chi connectivity index (χ4n) is 0.329. The predicted molar refractivity (Wildman–Crippen MR) is 29.0 cm³/mol. The molecule has 0 aliphatic rings. The van der Waals surface area contributed by atoms with Gasteiger partial charge in [-0.25, -0.2) is 0 Å². The lowest BCUT2D eigenvalue weighted by Crippen LogP contribution is -2.19. The van der Waals surface area contributed by atoms with Crippen LogP contribution in [0.15, 0.2) is 12.2 Å². The number of alkyl halides is 3. The molecule has 0 rings (SSSR count). The summed E-state index contributed by atoms with van der Waals surface area (Å²) < 4.78 is 34.2. The molecule has 5 heteroatoms. The first kappa shape index (κ1) is 9.00. The second kappa shape index (κ2) is 2.72. The standard InChI is InChI=1S/C5H6F3NO/c1-3(4(9)10)2-5(6,7)8/h1-2H2,(H2,9,10). The highest BCUT2D eigenvalue weighted by Gasteiger charge is 2.29. The van der Waals surface area contributed by atoms with E-state index in [9.17, 15) is 18.0 Å². The molecule has 2 nitrogen and oxygen atoms in total.